The summed E-state index contributed by atoms with van der Waals surface area (Å²) in [6.45, 7) is 1.95. The first kappa shape index (κ1) is 11.9. The molecule has 0 fully saturated rings. The van der Waals surface area contributed by atoms with E-state index in [0.717, 1.165) is 23.2 Å². The van der Waals surface area contributed by atoms with Gasteiger partial charge >= 0.3 is 0 Å². The average Bonchev–Trinajstić information content (AvgIpc) is 2.79. The third-order valence-electron chi connectivity index (χ3n) is 3.10. The number of pyridine rings is 1. The number of nitrogens with zero attached hydrogens (tertiary/aromatic N) is 2. The minimum Gasteiger partial charge on any atom is -0.296 e. The number of halogens is 1. The van der Waals surface area contributed by atoms with Crippen LogP contribution in [0.5, 0.6) is 0 Å². The van der Waals surface area contributed by atoms with Gasteiger partial charge in [-0.3, -0.25) is 9.20 Å². The Labute approximate surface area is 115 Å². The van der Waals surface area contributed by atoms with Crippen LogP contribution in [0.15, 0.2) is 42.5 Å². The summed E-state index contributed by atoms with van der Waals surface area (Å²) in [4.78, 5) is 15.9. The topological polar surface area (TPSA) is 34.4 Å². The van der Waals surface area contributed by atoms with Crippen LogP contribution in [-0.4, -0.2) is 15.7 Å². The summed E-state index contributed by atoms with van der Waals surface area (Å²) < 4.78 is 1.86. The standard InChI is InChI=1S/C15H11ClN2O/c1-10-3-2-4-14-17-15(13(9-19)18(10)14)11-5-7-12(16)8-6-11/h2-9H,1H3. The van der Waals surface area contributed by atoms with Crippen molar-refractivity contribution in [2.75, 3.05) is 0 Å². The first-order valence-electron chi connectivity index (χ1n) is 5.90. The molecule has 0 N–H and O–H groups in total. The number of hydrogen-bond donors (Lipinski definition) is 0. The van der Waals surface area contributed by atoms with Crippen LogP contribution in [0.25, 0.3) is 16.9 Å². The van der Waals surface area contributed by atoms with Crippen molar-refractivity contribution in [1.82, 2.24) is 9.38 Å². The number of benzene rings is 1. The lowest BCUT2D eigenvalue weighted by Gasteiger charge is -2.01. The molecule has 0 radical (unpaired) electrons. The summed E-state index contributed by atoms with van der Waals surface area (Å²) in [7, 11) is 0. The average molecular weight is 271 g/mol. The summed E-state index contributed by atoms with van der Waals surface area (Å²) >= 11 is 5.88. The molecule has 0 saturated carbocycles. The zero-order valence-electron chi connectivity index (χ0n) is 10.3. The Morgan fingerprint density at radius 2 is 1.89 bits per heavy atom. The van der Waals surface area contributed by atoms with Crippen molar-refractivity contribution in [3.63, 3.8) is 0 Å². The Balaban J connectivity index is 2.32. The Morgan fingerprint density at radius 3 is 2.58 bits per heavy atom. The quantitative estimate of drug-likeness (QED) is 0.664. The van der Waals surface area contributed by atoms with E-state index in [0.29, 0.717) is 16.4 Å². The zero-order chi connectivity index (χ0) is 13.4. The van der Waals surface area contributed by atoms with Gasteiger partial charge in [-0.1, -0.05) is 29.8 Å². The van der Waals surface area contributed by atoms with Crippen LogP contribution in [0.2, 0.25) is 5.02 Å². The van der Waals surface area contributed by atoms with Gasteiger partial charge in [0.25, 0.3) is 0 Å². The van der Waals surface area contributed by atoms with Gasteiger partial charge in [0.15, 0.2) is 6.29 Å². The predicted molar refractivity (Wildman–Crippen MR) is 75.8 cm³/mol. The molecule has 0 atom stereocenters. The smallest absolute Gasteiger partial charge is 0.169 e. The van der Waals surface area contributed by atoms with Crippen molar-refractivity contribution in [3.05, 3.63) is 58.9 Å². The number of carbonyl (C=O) groups is 1. The molecule has 2 heterocycles. The molecule has 3 nitrogen and oxygen atoms in total. The Morgan fingerprint density at radius 1 is 1.16 bits per heavy atom. The summed E-state index contributed by atoms with van der Waals surface area (Å²) in [5.74, 6) is 0. The summed E-state index contributed by atoms with van der Waals surface area (Å²) in [5, 5.41) is 0.663. The molecule has 19 heavy (non-hydrogen) atoms. The van der Waals surface area contributed by atoms with E-state index in [1.165, 1.54) is 0 Å². The fraction of sp³-hybridized carbons (Fsp3) is 0.0667. The van der Waals surface area contributed by atoms with Crippen LogP contribution >= 0.6 is 11.6 Å². The second kappa shape index (κ2) is 4.52. The van der Waals surface area contributed by atoms with E-state index in [1.807, 2.05) is 41.7 Å². The minimum absolute atomic E-state index is 0.565. The van der Waals surface area contributed by atoms with Crippen molar-refractivity contribution in [2.45, 2.75) is 6.92 Å². The Hall–Kier alpha value is -2.13. The molecule has 94 valence electrons. The Bertz CT molecular complexity index is 760. The summed E-state index contributed by atoms with van der Waals surface area (Å²) in [6, 6.07) is 13.1. The molecule has 0 unspecified atom stereocenters. The molecule has 2 aromatic heterocycles. The second-order valence-corrected chi connectivity index (χ2v) is 4.77. The maximum absolute atomic E-state index is 11.4. The van der Waals surface area contributed by atoms with E-state index >= 15 is 0 Å². The van der Waals surface area contributed by atoms with E-state index in [2.05, 4.69) is 4.98 Å². The molecule has 0 aliphatic rings. The molecule has 4 heteroatoms. The number of aromatic nitrogens is 2. The van der Waals surface area contributed by atoms with Gasteiger partial charge in [-0.05, 0) is 31.2 Å². The second-order valence-electron chi connectivity index (χ2n) is 4.33. The number of carbonyl (C=O) groups excluding carboxylic acids is 1. The molecule has 0 spiro atoms. The van der Waals surface area contributed by atoms with Gasteiger partial charge < -0.3 is 0 Å². The molecule has 0 amide bonds. The van der Waals surface area contributed by atoms with Gasteiger partial charge in [0.05, 0.1) is 0 Å². The lowest BCUT2D eigenvalue weighted by atomic mass is 10.1. The summed E-state index contributed by atoms with van der Waals surface area (Å²) in [5.41, 5.74) is 3.88. The third-order valence-corrected chi connectivity index (χ3v) is 3.36. The molecule has 0 aliphatic heterocycles. The highest BCUT2D eigenvalue weighted by Gasteiger charge is 2.14. The molecular weight excluding hydrogens is 260 g/mol. The van der Waals surface area contributed by atoms with Crippen LogP contribution in [-0.2, 0) is 0 Å². The van der Waals surface area contributed by atoms with Crippen LogP contribution in [0.4, 0.5) is 0 Å². The van der Waals surface area contributed by atoms with Crippen LogP contribution in [0, 0.1) is 6.92 Å². The van der Waals surface area contributed by atoms with Crippen molar-refractivity contribution in [3.8, 4) is 11.3 Å². The zero-order valence-corrected chi connectivity index (χ0v) is 11.1. The first-order valence-corrected chi connectivity index (χ1v) is 6.27. The SMILES string of the molecule is Cc1cccc2nc(-c3ccc(Cl)cc3)c(C=O)n12. The number of rotatable bonds is 2. The number of fused-ring (bicyclic) bond motifs is 1. The maximum atomic E-state index is 11.4. The third kappa shape index (κ3) is 1.92. The van der Waals surface area contributed by atoms with E-state index in [1.54, 1.807) is 12.1 Å². The van der Waals surface area contributed by atoms with E-state index in [9.17, 15) is 4.79 Å². The maximum Gasteiger partial charge on any atom is 0.169 e. The fourth-order valence-corrected chi connectivity index (χ4v) is 2.34. The van der Waals surface area contributed by atoms with E-state index in [4.69, 9.17) is 11.6 Å². The molecule has 0 bridgehead atoms. The lowest BCUT2D eigenvalue weighted by molar-refractivity contribution is 0.111. The largest absolute Gasteiger partial charge is 0.296 e. The first-order chi connectivity index (χ1) is 9.20. The molecule has 0 saturated heterocycles. The van der Waals surface area contributed by atoms with Crippen LogP contribution < -0.4 is 0 Å². The van der Waals surface area contributed by atoms with Gasteiger partial charge in [0, 0.05) is 16.3 Å². The normalized spacial score (nSPS) is 10.8. The molecule has 3 aromatic rings. The van der Waals surface area contributed by atoms with E-state index in [-0.39, 0.29) is 0 Å². The molecule has 0 aliphatic carbocycles. The van der Waals surface area contributed by atoms with Crippen molar-refractivity contribution >= 4 is 23.5 Å². The predicted octanol–water partition coefficient (Wildman–Crippen LogP) is 3.78. The van der Waals surface area contributed by atoms with Gasteiger partial charge in [-0.2, -0.15) is 0 Å². The van der Waals surface area contributed by atoms with E-state index < -0.39 is 0 Å². The van der Waals surface area contributed by atoms with Crippen molar-refractivity contribution in [1.29, 1.82) is 0 Å². The Kier molecular flexibility index (Phi) is 2.84. The molecular formula is C15H11ClN2O. The highest BCUT2D eigenvalue weighted by Crippen LogP contribution is 2.25. The van der Waals surface area contributed by atoms with Crippen molar-refractivity contribution in [2.24, 2.45) is 0 Å². The monoisotopic (exact) mass is 270 g/mol. The molecule has 3 rings (SSSR count). The molecule has 1 aromatic carbocycles. The number of imidazole rings is 1. The van der Waals surface area contributed by atoms with Gasteiger partial charge in [-0.15, -0.1) is 0 Å². The lowest BCUT2D eigenvalue weighted by Crippen LogP contribution is -1.96. The highest BCUT2D eigenvalue weighted by atomic mass is 35.5. The van der Waals surface area contributed by atoms with Crippen LogP contribution in [0.1, 0.15) is 16.2 Å². The minimum atomic E-state index is 0.565. The fourth-order valence-electron chi connectivity index (χ4n) is 2.21. The number of aldehydes is 1. The van der Waals surface area contributed by atoms with Gasteiger partial charge in [-0.25, -0.2) is 4.98 Å². The van der Waals surface area contributed by atoms with Gasteiger partial charge in [0.2, 0.25) is 0 Å². The number of hydrogen-bond acceptors (Lipinski definition) is 2. The van der Waals surface area contributed by atoms with Crippen molar-refractivity contribution < 1.29 is 4.79 Å². The van der Waals surface area contributed by atoms with Crippen LogP contribution in [0.3, 0.4) is 0 Å². The summed E-state index contributed by atoms with van der Waals surface area (Å²) in [6.07, 6.45) is 0.844. The number of aryl methyl sites for hydroxylation is 1. The van der Waals surface area contributed by atoms with Gasteiger partial charge in [0.1, 0.15) is 17.0 Å². The highest BCUT2D eigenvalue weighted by molar-refractivity contribution is 6.30.